The van der Waals surface area contributed by atoms with E-state index in [0.29, 0.717) is 48.7 Å². The first-order chi connectivity index (χ1) is 16.8. The van der Waals surface area contributed by atoms with E-state index in [1.54, 1.807) is 24.3 Å². The van der Waals surface area contributed by atoms with Crippen LogP contribution in [0, 0.1) is 22.7 Å². The summed E-state index contributed by atoms with van der Waals surface area (Å²) in [6.45, 7) is 0.867. The van der Waals surface area contributed by atoms with Crippen molar-refractivity contribution >= 4 is 27.0 Å². The van der Waals surface area contributed by atoms with Crippen LogP contribution in [0.5, 0.6) is 0 Å². The van der Waals surface area contributed by atoms with Gasteiger partial charge in [0.1, 0.15) is 11.4 Å². The Labute approximate surface area is 204 Å². The van der Waals surface area contributed by atoms with Crippen LogP contribution >= 0.6 is 0 Å². The lowest BCUT2D eigenvalue weighted by Gasteiger charge is -2.31. The molecule has 1 spiro atoms. The smallest absolute Gasteiger partial charge is 0.261 e. The number of H-pyrrole nitrogens is 1. The zero-order valence-corrected chi connectivity index (χ0v) is 20.2. The maximum absolute atomic E-state index is 13.3. The molecule has 2 aliphatic heterocycles. The number of nitrogens with zero attached hydrogens (tertiary/aromatic N) is 1. The number of hydrogen-bond acceptors (Lipinski definition) is 7. The number of benzene rings is 1. The molecular weight excluding hydrogens is 466 g/mol. The van der Waals surface area contributed by atoms with Crippen LogP contribution in [-0.4, -0.2) is 43.2 Å². The maximum Gasteiger partial charge on any atom is 0.261 e. The van der Waals surface area contributed by atoms with Gasteiger partial charge in [-0.15, -0.1) is 0 Å². The molecule has 9 nitrogen and oxygen atoms in total. The van der Waals surface area contributed by atoms with Crippen molar-refractivity contribution in [2.24, 2.45) is 5.92 Å². The fraction of sp³-hybridized carbons (Fsp3) is 0.480. The molecule has 2 aromatic rings. The number of hydrogen-bond donors (Lipinski definition) is 4. The van der Waals surface area contributed by atoms with Crippen LogP contribution in [0.3, 0.4) is 0 Å². The minimum Gasteiger partial charge on any atom is -0.381 e. The molecule has 3 aliphatic rings. The standard InChI is InChI=1S/C25H29N5O4S/c26-15-16-3-1-2-4-19(16)30-20-7-10-28-24(31)22(20)23(27)29-18-5-6-21-17(13-18)14-25(35(21,32)33)8-11-34-12-9-25/h5-7,10,13,16,19H,1-4,8-9,11-12,14H2,(H2,27,29)(H2,28,30,31)/t16-,19+/m1/s1. The maximum atomic E-state index is 13.3. The highest BCUT2D eigenvalue weighted by molar-refractivity contribution is 7.93. The minimum atomic E-state index is -3.46. The van der Waals surface area contributed by atoms with Crippen molar-refractivity contribution in [2.75, 3.05) is 23.8 Å². The van der Waals surface area contributed by atoms with Gasteiger partial charge in [0.25, 0.3) is 5.56 Å². The van der Waals surface area contributed by atoms with Crippen molar-refractivity contribution in [2.45, 2.75) is 60.6 Å². The summed E-state index contributed by atoms with van der Waals surface area (Å²) in [4.78, 5) is 15.7. The number of aromatic nitrogens is 1. The number of ether oxygens (including phenoxy) is 1. The highest BCUT2D eigenvalue weighted by atomic mass is 32.2. The Morgan fingerprint density at radius 2 is 1.97 bits per heavy atom. The van der Waals surface area contributed by atoms with Gasteiger partial charge in [-0.1, -0.05) is 12.8 Å². The van der Waals surface area contributed by atoms with Crippen molar-refractivity contribution in [3.05, 3.63) is 51.9 Å². The molecule has 0 bridgehead atoms. The Bertz CT molecular complexity index is 1350. The Morgan fingerprint density at radius 3 is 2.74 bits per heavy atom. The third-order valence-corrected chi connectivity index (χ3v) is 10.3. The van der Waals surface area contributed by atoms with E-state index in [1.807, 2.05) is 0 Å². The third kappa shape index (κ3) is 4.13. The van der Waals surface area contributed by atoms with Crippen LogP contribution in [0.15, 0.2) is 40.2 Å². The van der Waals surface area contributed by atoms with E-state index >= 15 is 0 Å². The fourth-order valence-corrected chi connectivity index (χ4v) is 7.87. The van der Waals surface area contributed by atoms with Crippen LogP contribution in [0.2, 0.25) is 0 Å². The second kappa shape index (κ2) is 9.13. The van der Waals surface area contributed by atoms with Gasteiger partial charge in [-0.25, -0.2) is 8.42 Å². The van der Waals surface area contributed by atoms with E-state index in [4.69, 9.17) is 10.1 Å². The third-order valence-electron chi connectivity index (χ3n) is 7.59. The summed E-state index contributed by atoms with van der Waals surface area (Å²) < 4.78 is 31.1. The van der Waals surface area contributed by atoms with Gasteiger partial charge in [0.15, 0.2) is 9.84 Å². The van der Waals surface area contributed by atoms with Gasteiger partial charge in [-0.3, -0.25) is 10.2 Å². The minimum absolute atomic E-state index is 0.0806. The number of nitriles is 1. The molecule has 35 heavy (non-hydrogen) atoms. The summed E-state index contributed by atoms with van der Waals surface area (Å²) in [5, 5.41) is 24.5. The zero-order valence-electron chi connectivity index (χ0n) is 19.4. The van der Waals surface area contributed by atoms with Gasteiger partial charge < -0.3 is 20.4 Å². The number of pyridine rings is 1. The Balaban J connectivity index is 1.40. The zero-order chi connectivity index (χ0) is 24.6. The Kier molecular flexibility index (Phi) is 6.15. The van der Waals surface area contributed by atoms with Crippen molar-refractivity contribution in [1.82, 2.24) is 4.98 Å². The average Bonchev–Trinajstić information content (AvgIpc) is 3.05. The Morgan fingerprint density at radius 1 is 1.20 bits per heavy atom. The normalized spacial score (nSPS) is 24.3. The predicted octanol–water partition coefficient (Wildman–Crippen LogP) is 3.19. The van der Waals surface area contributed by atoms with Gasteiger partial charge in [-0.2, -0.15) is 5.26 Å². The molecule has 5 rings (SSSR count). The molecule has 0 unspecified atom stereocenters. The quantitative estimate of drug-likeness (QED) is 0.376. The second-order valence-electron chi connectivity index (χ2n) is 9.66. The molecule has 3 heterocycles. The summed E-state index contributed by atoms with van der Waals surface area (Å²) in [6, 6.07) is 8.99. The van der Waals surface area contributed by atoms with Crippen LogP contribution in [-0.2, 0) is 21.0 Å². The molecule has 184 valence electrons. The first kappa shape index (κ1) is 23.6. The van der Waals surface area contributed by atoms with E-state index in [9.17, 15) is 18.5 Å². The molecular formula is C25H29N5O4S. The summed E-state index contributed by atoms with van der Waals surface area (Å²) in [6.07, 6.45) is 6.56. The van der Waals surface area contributed by atoms with E-state index in [-0.39, 0.29) is 23.4 Å². The molecule has 1 aromatic carbocycles. The summed E-state index contributed by atoms with van der Waals surface area (Å²) >= 11 is 0. The topological polar surface area (TPSA) is 148 Å². The molecule has 1 aliphatic carbocycles. The monoisotopic (exact) mass is 495 g/mol. The average molecular weight is 496 g/mol. The fourth-order valence-electron chi connectivity index (χ4n) is 5.63. The van der Waals surface area contributed by atoms with E-state index in [0.717, 1.165) is 31.2 Å². The van der Waals surface area contributed by atoms with Crippen LogP contribution in [0.25, 0.3) is 0 Å². The summed E-state index contributed by atoms with van der Waals surface area (Å²) in [5.41, 5.74) is 1.52. The highest BCUT2D eigenvalue weighted by Gasteiger charge is 2.51. The largest absolute Gasteiger partial charge is 0.381 e. The Hall–Kier alpha value is -3.16. The molecule has 0 radical (unpaired) electrons. The number of aromatic amines is 1. The molecule has 1 saturated carbocycles. The van der Waals surface area contributed by atoms with Gasteiger partial charge in [0, 0.05) is 31.1 Å². The van der Waals surface area contributed by atoms with Crippen molar-refractivity contribution in [3.8, 4) is 6.07 Å². The first-order valence-electron chi connectivity index (χ1n) is 12.0. The van der Waals surface area contributed by atoms with Crippen LogP contribution in [0.1, 0.15) is 49.7 Å². The van der Waals surface area contributed by atoms with Gasteiger partial charge in [-0.05, 0) is 61.9 Å². The molecule has 2 atom stereocenters. The molecule has 4 N–H and O–H groups in total. The number of fused-ring (bicyclic) bond motifs is 1. The van der Waals surface area contributed by atoms with Crippen LogP contribution < -0.4 is 16.2 Å². The molecule has 1 saturated heterocycles. The van der Waals surface area contributed by atoms with Crippen molar-refractivity contribution < 1.29 is 13.2 Å². The van der Waals surface area contributed by atoms with Gasteiger partial charge in [0.2, 0.25) is 0 Å². The van der Waals surface area contributed by atoms with E-state index in [2.05, 4.69) is 21.7 Å². The second-order valence-corrected chi connectivity index (χ2v) is 12.0. The highest BCUT2D eigenvalue weighted by Crippen LogP contribution is 2.45. The number of sulfone groups is 1. The summed E-state index contributed by atoms with van der Waals surface area (Å²) in [5.74, 6) is -0.241. The van der Waals surface area contributed by atoms with Gasteiger partial charge in [0.05, 0.1) is 27.3 Å². The molecule has 2 fully saturated rings. The lowest BCUT2D eigenvalue weighted by Crippen LogP contribution is -2.41. The number of anilines is 2. The van der Waals surface area contributed by atoms with Crippen molar-refractivity contribution in [1.29, 1.82) is 10.7 Å². The molecule has 1 aromatic heterocycles. The lowest BCUT2D eigenvalue weighted by molar-refractivity contribution is 0.0758. The number of nitrogens with one attached hydrogen (secondary N) is 4. The van der Waals surface area contributed by atoms with E-state index < -0.39 is 20.1 Å². The summed E-state index contributed by atoms with van der Waals surface area (Å²) in [7, 11) is -3.46. The predicted molar refractivity (Wildman–Crippen MR) is 133 cm³/mol. The lowest BCUT2D eigenvalue weighted by atomic mass is 9.85. The molecule has 0 amide bonds. The van der Waals surface area contributed by atoms with Crippen LogP contribution in [0.4, 0.5) is 11.4 Å². The number of rotatable bonds is 4. The molecule has 10 heteroatoms. The number of amidine groups is 1. The van der Waals surface area contributed by atoms with E-state index in [1.165, 1.54) is 6.20 Å². The first-order valence-corrected chi connectivity index (χ1v) is 13.5. The van der Waals surface area contributed by atoms with Crippen molar-refractivity contribution in [3.63, 3.8) is 0 Å². The van der Waals surface area contributed by atoms with Gasteiger partial charge >= 0.3 is 0 Å². The SMILES string of the molecule is N#C[C@H]1CCCC[C@@H]1Nc1cc[nH]c(=O)c1C(=N)Nc1ccc2c(c1)CC1(CCOCC1)S2(=O)=O.